The van der Waals surface area contributed by atoms with Crippen molar-refractivity contribution in [3.63, 3.8) is 0 Å². The Bertz CT molecular complexity index is 552. The van der Waals surface area contributed by atoms with Crippen LogP contribution in [0.5, 0.6) is 0 Å². The highest BCUT2D eigenvalue weighted by Gasteiger charge is 2.06. The fourth-order valence-corrected chi connectivity index (χ4v) is 2.02. The van der Waals surface area contributed by atoms with Crippen LogP contribution in [0.1, 0.15) is 22.3 Å². The van der Waals surface area contributed by atoms with Gasteiger partial charge in [-0.1, -0.05) is 30.3 Å². The second-order valence-corrected chi connectivity index (χ2v) is 4.72. The monoisotopic (exact) mass is 270 g/mol. The lowest BCUT2D eigenvalue weighted by Gasteiger charge is -2.18. The zero-order valence-electron chi connectivity index (χ0n) is 11.5. The van der Waals surface area contributed by atoms with Crippen LogP contribution in [0.4, 0.5) is 5.82 Å². The second-order valence-electron chi connectivity index (χ2n) is 4.72. The van der Waals surface area contributed by atoms with Crippen LogP contribution in [0.3, 0.4) is 0 Å². The molecule has 0 unspecified atom stereocenters. The molecule has 0 fully saturated rings. The van der Waals surface area contributed by atoms with Crippen molar-refractivity contribution < 1.29 is 9.90 Å². The number of aromatic carboxylic acids is 1. The first-order valence-corrected chi connectivity index (χ1v) is 6.61. The molecule has 20 heavy (non-hydrogen) atoms. The van der Waals surface area contributed by atoms with Gasteiger partial charge in [-0.15, -0.1) is 0 Å². The van der Waals surface area contributed by atoms with E-state index in [1.54, 1.807) is 12.1 Å². The van der Waals surface area contributed by atoms with E-state index < -0.39 is 5.97 Å². The van der Waals surface area contributed by atoms with E-state index in [0.717, 1.165) is 25.2 Å². The number of carboxylic acid groups (broad SMARTS) is 1. The normalized spacial score (nSPS) is 10.2. The number of nitrogens with zero attached hydrogens (tertiary/aromatic N) is 2. The van der Waals surface area contributed by atoms with Crippen LogP contribution in [0.25, 0.3) is 0 Å². The summed E-state index contributed by atoms with van der Waals surface area (Å²) in [4.78, 5) is 17.0. The molecule has 104 valence electrons. The van der Waals surface area contributed by atoms with E-state index in [-0.39, 0.29) is 5.56 Å². The van der Waals surface area contributed by atoms with Crippen LogP contribution in [0, 0.1) is 0 Å². The molecule has 1 aromatic heterocycles. The maximum absolute atomic E-state index is 10.8. The van der Waals surface area contributed by atoms with Crippen molar-refractivity contribution in [2.45, 2.75) is 12.8 Å². The number of anilines is 1. The Labute approximate surface area is 118 Å². The standard InChI is InChI=1S/C16H18N2O2/c1-18(11-5-8-13-6-3-2-4-7-13)15-10-9-14(12-17-15)16(19)20/h2-4,6-7,9-10,12H,5,8,11H2,1H3,(H,19,20). The summed E-state index contributed by atoms with van der Waals surface area (Å²) in [6.45, 7) is 0.883. The van der Waals surface area contributed by atoms with E-state index in [9.17, 15) is 4.79 Å². The molecule has 2 rings (SSSR count). The van der Waals surface area contributed by atoms with Crippen molar-refractivity contribution in [2.75, 3.05) is 18.5 Å². The number of carboxylic acids is 1. The molecule has 4 heteroatoms. The number of benzene rings is 1. The summed E-state index contributed by atoms with van der Waals surface area (Å²) in [7, 11) is 1.97. The molecule has 0 aliphatic carbocycles. The number of carbonyl (C=O) groups is 1. The van der Waals surface area contributed by atoms with Gasteiger partial charge in [0.1, 0.15) is 5.82 Å². The summed E-state index contributed by atoms with van der Waals surface area (Å²) in [6.07, 6.45) is 3.45. The molecule has 0 radical (unpaired) electrons. The molecule has 1 aromatic carbocycles. The topological polar surface area (TPSA) is 53.4 Å². The first kappa shape index (κ1) is 14.1. The van der Waals surface area contributed by atoms with Gasteiger partial charge in [0.15, 0.2) is 0 Å². The van der Waals surface area contributed by atoms with Crippen LogP contribution in [-0.2, 0) is 6.42 Å². The van der Waals surface area contributed by atoms with Crippen molar-refractivity contribution in [2.24, 2.45) is 0 Å². The van der Waals surface area contributed by atoms with E-state index in [0.29, 0.717) is 0 Å². The molecule has 0 saturated heterocycles. The Kier molecular flexibility index (Phi) is 4.71. The average molecular weight is 270 g/mol. The first-order valence-electron chi connectivity index (χ1n) is 6.61. The minimum Gasteiger partial charge on any atom is -0.478 e. The summed E-state index contributed by atoms with van der Waals surface area (Å²) < 4.78 is 0. The van der Waals surface area contributed by atoms with Gasteiger partial charge in [-0.3, -0.25) is 0 Å². The summed E-state index contributed by atoms with van der Waals surface area (Å²) in [5, 5.41) is 8.83. The van der Waals surface area contributed by atoms with Gasteiger partial charge < -0.3 is 10.0 Å². The number of hydrogen-bond acceptors (Lipinski definition) is 3. The van der Waals surface area contributed by atoms with Gasteiger partial charge in [-0.05, 0) is 30.5 Å². The molecule has 0 spiro atoms. The zero-order chi connectivity index (χ0) is 14.4. The number of aromatic nitrogens is 1. The first-order chi connectivity index (χ1) is 9.66. The molecule has 1 N–H and O–H groups in total. The SMILES string of the molecule is CN(CCCc1ccccc1)c1ccc(C(=O)O)cn1. The zero-order valence-corrected chi connectivity index (χ0v) is 11.5. The molecule has 0 bridgehead atoms. The Balaban J connectivity index is 1.85. The van der Waals surface area contributed by atoms with Crippen molar-refractivity contribution in [1.29, 1.82) is 0 Å². The maximum atomic E-state index is 10.8. The number of hydrogen-bond donors (Lipinski definition) is 1. The van der Waals surface area contributed by atoms with Gasteiger partial charge in [0.25, 0.3) is 0 Å². The third-order valence-corrected chi connectivity index (χ3v) is 3.19. The molecule has 0 amide bonds. The van der Waals surface area contributed by atoms with Crippen molar-refractivity contribution in [3.05, 3.63) is 59.8 Å². The van der Waals surface area contributed by atoms with Gasteiger partial charge in [0.2, 0.25) is 0 Å². The Hall–Kier alpha value is -2.36. The molecule has 0 saturated carbocycles. The minimum atomic E-state index is -0.948. The molecule has 4 nitrogen and oxygen atoms in total. The van der Waals surface area contributed by atoms with Crippen molar-refractivity contribution >= 4 is 11.8 Å². The van der Waals surface area contributed by atoms with Gasteiger partial charge in [-0.2, -0.15) is 0 Å². The highest BCUT2D eigenvalue weighted by atomic mass is 16.4. The number of pyridine rings is 1. The van der Waals surface area contributed by atoms with E-state index in [4.69, 9.17) is 5.11 Å². The lowest BCUT2D eigenvalue weighted by molar-refractivity contribution is 0.0696. The van der Waals surface area contributed by atoms with Crippen molar-refractivity contribution in [1.82, 2.24) is 4.98 Å². The van der Waals surface area contributed by atoms with Crippen LogP contribution in [0.15, 0.2) is 48.7 Å². The van der Waals surface area contributed by atoms with E-state index in [2.05, 4.69) is 17.1 Å². The lowest BCUT2D eigenvalue weighted by atomic mass is 10.1. The molecule has 0 aliphatic heterocycles. The van der Waals surface area contributed by atoms with E-state index in [1.807, 2.05) is 30.1 Å². The van der Waals surface area contributed by atoms with Crippen LogP contribution >= 0.6 is 0 Å². The third-order valence-electron chi connectivity index (χ3n) is 3.19. The highest BCUT2D eigenvalue weighted by Crippen LogP contribution is 2.11. The highest BCUT2D eigenvalue weighted by molar-refractivity contribution is 5.87. The van der Waals surface area contributed by atoms with Crippen LogP contribution in [-0.4, -0.2) is 29.7 Å². The summed E-state index contributed by atoms with van der Waals surface area (Å²) in [5.41, 5.74) is 1.54. The molecular weight excluding hydrogens is 252 g/mol. The minimum absolute atomic E-state index is 0.214. The fourth-order valence-electron chi connectivity index (χ4n) is 2.02. The van der Waals surface area contributed by atoms with E-state index in [1.165, 1.54) is 11.8 Å². The lowest BCUT2D eigenvalue weighted by Crippen LogP contribution is -2.20. The Morgan fingerprint density at radius 1 is 1.20 bits per heavy atom. The third kappa shape index (κ3) is 3.82. The predicted molar refractivity (Wildman–Crippen MR) is 79.2 cm³/mol. The smallest absolute Gasteiger partial charge is 0.337 e. The molecule has 0 aliphatic rings. The number of rotatable bonds is 6. The Morgan fingerprint density at radius 2 is 1.95 bits per heavy atom. The van der Waals surface area contributed by atoms with Gasteiger partial charge in [0, 0.05) is 19.8 Å². The van der Waals surface area contributed by atoms with Gasteiger partial charge in [0.05, 0.1) is 5.56 Å². The summed E-state index contributed by atoms with van der Waals surface area (Å²) in [5.74, 6) is -0.154. The quantitative estimate of drug-likeness (QED) is 0.877. The van der Waals surface area contributed by atoms with Gasteiger partial charge >= 0.3 is 5.97 Å². The van der Waals surface area contributed by atoms with Crippen molar-refractivity contribution in [3.8, 4) is 0 Å². The maximum Gasteiger partial charge on any atom is 0.337 e. The van der Waals surface area contributed by atoms with Crippen LogP contribution < -0.4 is 4.90 Å². The number of aryl methyl sites for hydroxylation is 1. The predicted octanol–water partition coefficient (Wildman–Crippen LogP) is 2.85. The molecule has 0 atom stereocenters. The van der Waals surface area contributed by atoms with E-state index >= 15 is 0 Å². The summed E-state index contributed by atoms with van der Waals surface area (Å²) >= 11 is 0. The second kappa shape index (κ2) is 6.70. The largest absolute Gasteiger partial charge is 0.478 e. The Morgan fingerprint density at radius 3 is 2.55 bits per heavy atom. The van der Waals surface area contributed by atoms with Gasteiger partial charge in [-0.25, -0.2) is 9.78 Å². The molecular formula is C16H18N2O2. The summed E-state index contributed by atoms with van der Waals surface area (Å²) in [6, 6.07) is 13.7. The fraction of sp³-hybridized carbons (Fsp3) is 0.250. The van der Waals surface area contributed by atoms with Crippen LogP contribution in [0.2, 0.25) is 0 Å². The molecule has 1 heterocycles. The average Bonchev–Trinajstić information content (AvgIpc) is 2.48. The molecule has 2 aromatic rings.